The van der Waals surface area contributed by atoms with Gasteiger partial charge >= 0.3 is 6.03 Å². The number of amides is 4. The van der Waals surface area contributed by atoms with Crippen molar-refractivity contribution in [2.45, 2.75) is 18.9 Å². The van der Waals surface area contributed by atoms with Crippen LogP contribution in [0.15, 0.2) is 18.2 Å². The highest BCUT2D eigenvalue weighted by Crippen LogP contribution is 2.26. The maximum atomic E-state index is 12.5. The normalized spacial score (nSPS) is 20.6. The summed E-state index contributed by atoms with van der Waals surface area (Å²) in [5, 5.41) is 5.19. The Balaban J connectivity index is 1.64. The zero-order valence-electron chi connectivity index (χ0n) is 14.9. The van der Waals surface area contributed by atoms with E-state index in [1.54, 1.807) is 7.11 Å². The number of sulfone groups is 1. The first-order valence-electron chi connectivity index (χ1n) is 8.58. The van der Waals surface area contributed by atoms with Gasteiger partial charge in [0.1, 0.15) is 0 Å². The third-order valence-corrected chi connectivity index (χ3v) is 6.29. The third-order valence-electron chi connectivity index (χ3n) is 4.53. The molecule has 0 radical (unpaired) electrons. The number of nitrogens with one attached hydrogen (secondary N) is 2. The summed E-state index contributed by atoms with van der Waals surface area (Å²) < 4.78 is 27.8. The summed E-state index contributed by atoms with van der Waals surface area (Å²) in [7, 11) is -1.54. The average molecular weight is 395 g/mol. The molecule has 3 rings (SSSR count). The standard InChI is InChI=1S/C17H21N3O6S/c1-26-7-2-6-20-15(21)13-4-3-11(9-14(13)16(20)22)18-17(23)19-12-5-8-27(24,25)10-12/h3-4,9,12H,2,5-8,10H2,1H3,(H2,18,19,23). The second-order valence-corrected chi connectivity index (χ2v) is 8.80. The lowest BCUT2D eigenvalue weighted by Gasteiger charge is -2.13. The van der Waals surface area contributed by atoms with Gasteiger partial charge in [-0.15, -0.1) is 0 Å². The van der Waals surface area contributed by atoms with E-state index in [1.807, 2.05) is 0 Å². The Hall–Kier alpha value is -2.46. The van der Waals surface area contributed by atoms with E-state index in [4.69, 9.17) is 4.74 Å². The summed E-state index contributed by atoms with van der Waals surface area (Å²) >= 11 is 0. The van der Waals surface area contributed by atoms with Gasteiger partial charge < -0.3 is 15.4 Å². The predicted molar refractivity (Wildman–Crippen MR) is 97.5 cm³/mol. The molecule has 0 saturated carbocycles. The first-order chi connectivity index (χ1) is 12.8. The van der Waals surface area contributed by atoms with Gasteiger partial charge in [0.15, 0.2) is 9.84 Å². The van der Waals surface area contributed by atoms with Gasteiger partial charge in [-0.05, 0) is 31.0 Å². The van der Waals surface area contributed by atoms with Crippen LogP contribution in [0.3, 0.4) is 0 Å². The quantitative estimate of drug-likeness (QED) is 0.538. The van der Waals surface area contributed by atoms with E-state index in [2.05, 4.69) is 10.6 Å². The van der Waals surface area contributed by atoms with Gasteiger partial charge in [-0.1, -0.05) is 0 Å². The molecule has 2 heterocycles. The average Bonchev–Trinajstić information content (AvgIpc) is 3.06. The molecule has 4 amide bonds. The van der Waals surface area contributed by atoms with E-state index in [0.29, 0.717) is 30.7 Å². The summed E-state index contributed by atoms with van der Waals surface area (Å²) in [5.41, 5.74) is 0.885. The van der Waals surface area contributed by atoms with Gasteiger partial charge in [0.05, 0.1) is 22.6 Å². The van der Waals surface area contributed by atoms with Crippen LogP contribution in [0.25, 0.3) is 0 Å². The Bertz CT molecular complexity index is 883. The molecule has 9 nitrogen and oxygen atoms in total. The zero-order chi connectivity index (χ0) is 19.6. The molecular weight excluding hydrogens is 374 g/mol. The van der Waals surface area contributed by atoms with E-state index in [1.165, 1.54) is 18.2 Å². The minimum atomic E-state index is -3.09. The SMILES string of the molecule is COCCCN1C(=O)c2ccc(NC(=O)NC3CCS(=O)(=O)C3)cc2C1=O. The Morgan fingerprint density at radius 3 is 2.67 bits per heavy atom. The van der Waals surface area contributed by atoms with Crippen molar-refractivity contribution in [1.82, 2.24) is 10.2 Å². The molecule has 1 aromatic rings. The smallest absolute Gasteiger partial charge is 0.319 e. The van der Waals surface area contributed by atoms with Crippen LogP contribution in [0, 0.1) is 0 Å². The lowest BCUT2D eigenvalue weighted by molar-refractivity contribution is 0.0638. The molecule has 1 saturated heterocycles. The number of benzene rings is 1. The highest BCUT2D eigenvalue weighted by Gasteiger charge is 2.35. The fourth-order valence-corrected chi connectivity index (χ4v) is 4.87. The molecule has 1 unspecified atom stereocenters. The molecule has 10 heteroatoms. The lowest BCUT2D eigenvalue weighted by Crippen LogP contribution is -2.38. The molecule has 27 heavy (non-hydrogen) atoms. The number of carbonyl (C=O) groups is 3. The van der Waals surface area contributed by atoms with Gasteiger partial charge in [-0.2, -0.15) is 0 Å². The molecular formula is C17H21N3O6S. The fourth-order valence-electron chi connectivity index (χ4n) is 3.20. The second kappa shape index (κ2) is 7.65. The van der Waals surface area contributed by atoms with Gasteiger partial charge in [0.2, 0.25) is 0 Å². The van der Waals surface area contributed by atoms with Crippen molar-refractivity contribution in [2.75, 3.05) is 37.1 Å². The van der Waals surface area contributed by atoms with E-state index in [9.17, 15) is 22.8 Å². The molecule has 2 aliphatic rings. The second-order valence-electron chi connectivity index (χ2n) is 6.57. The zero-order valence-corrected chi connectivity index (χ0v) is 15.7. The number of fused-ring (bicyclic) bond motifs is 1. The van der Waals surface area contributed by atoms with Crippen molar-refractivity contribution >= 4 is 33.4 Å². The number of imide groups is 1. The number of hydrogen-bond donors (Lipinski definition) is 2. The maximum absolute atomic E-state index is 12.5. The predicted octanol–water partition coefficient (Wildman–Crippen LogP) is 0.628. The van der Waals surface area contributed by atoms with Crippen LogP contribution in [-0.2, 0) is 14.6 Å². The summed E-state index contributed by atoms with van der Waals surface area (Å²) in [6.45, 7) is 0.705. The first-order valence-corrected chi connectivity index (χ1v) is 10.4. The summed E-state index contributed by atoms with van der Waals surface area (Å²) in [4.78, 5) is 38.0. The number of nitrogens with zero attached hydrogens (tertiary/aromatic N) is 1. The van der Waals surface area contributed by atoms with E-state index in [-0.39, 0.29) is 29.5 Å². The molecule has 1 atom stereocenters. The monoisotopic (exact) mass is 395 g/mol. The van der Waals surface area contributed by atoms with Crippen LogP contribution >= 0.6 is 0 Å². The highest BCUT2D eigenvalue weighted by atomic mass is 32.2. The number of ether oxygens (including phenoxy) is 1. The number of hydrogen-bond acceptors (Lipinski definition) is 6. The number of methoxy groups -OCH3 is 1. The maximum Gasteiger partial charge on any atom is 0.319 e. The summed E-state index contributed by atoms with van der Waals surface area (Å²) in [5.74, 6) is -0.782. The van der Waals surface area contributed by atoms with Crippen molar-refractivity contribution in [1.29, 1.82) is 0 Å². The molecule has 2 aliphatic heterocycles. The molecule has 0 aromatic heterocycles. The van der Waals surface area contributed by atoms with Crippen molar-refractivity contribution < 1.29 is 27.5 Å². The van der Waals surface area contributed by atoms with Crippen molar-refractivity contribution in [2.24, 2.45) is 0 Å². The fraction of sp³-hybridized carbons (Fsp3) is 0.471. The molecule has 0 aliphatic carbocycles. The van der Waals surface area contributed by atoms with E-state index in [0.717, 1.165) is 4.90 Å². The highest BCUT2D eigenvalue weighted by molar-refractivity contribution is 7.91. The number of rotatable bonds is 6. The minimum Gasteiger partial charge on any atom is -0.385 e. The molecule has 0 bridgehead atoms. The van der Waals surface area contributed by atoms with Crippen LogP contribution in [0.4, 0.5) is 10.5 Å². The molecule has 0 spiro atoms. The van der Waals surface area contributed by atoms with Crippen LogP contribution in [-0.4, -0.2) is 69.0 Å². The Morgan fingerprint density at radius 1 is 1.26 bits per heavy atom. The summed E-state index contributed by atoms with van der Waals surface area (Å²) in [6.07, 6.45) is 0.920. The molecule has 2 N–H and O–H groups in total. The topological polar surface area (TPSA) is 122 Å². The molecule has 146 valence electrons. The van der Waals surface area contributed by atoms with Crippen molar-refractivity contribution in [3.05, 3.63) is 29.3 Å². The van der Waals surface area contributed by atoms with E-state index >= 15 is 0 Å². The Morgan fingerprint density at radius 2 is 2.00 bits per heavy atom. The first kappa shape index (κ1) is 19.3. The number of anilines is 1. The van der Waals surface area contributed by atoms with Gasteiger partial charge in [0, 0.05) is 32.0 Å². The van der Waals surface area contributed by atoms with Crippen LogP contribution in [0.2, 0.25) is 0 Å². The van der Waals surface area contributed by atoms with Crippen molar-refractivity contribution in [3.63, 3.8) is 0 Å². The minimum absolute atomic E-state index is 0.0618. The van der Waals surface area contributed by atoms with Gasteiger partial charge in [-0.25, -0.2) is 13.2 Å². The lowest BCUT2D eigenvalue weighted by atomic mass is 10.1. The largest absolute Gasteiger partial charge is 0.385 e. The number of urea groups is 1. The summed E-state index contributed by atoms with van der Waals surface area (Å²) in [6, 6.07) is 3.51. The Labute approximate surface area is 157 Å². The number of carbonyl (C=O) groups excluding carboxylic acids is 3. The third kappa shape index (κ3) is 4.28. The van der Waals surface area contributed by atoms with Crippen LogP contribution in [0.5, 0.6) is 0 Å². The Kier molecular flexibility index (Phi) is 5.47. The van der Waals surface area contributed by atoms with Gasteiger partial charge in [0.25, 0.3) is 11.8 Å². The molecule has 1 aromatic carbocycles. The van der Waals surface area contributed by atoms with Crippen molar-refractivity contribution in [3.8, 4) is 0 Å². The molecule has 1 fully saturated rings. The van der Waals surface area contributed by atoms with Crippen LogP contribution < -0.4 is 10.6 Å². The van der Waals surface area contributed by atoms with Crippen LogP contribution in [0.1, 0.15) is 33.6 Å². The van der Waals surface area contributed by atoms with Gasteiger partial charge in [-0.3, -0.25) is 14.5 Å². The van der Waals surface area contributed by atoms with E-state index < -0.39 is 27.8 Å².